The van der Waals surface area contributed by atoms with Gasteiger partial charge in [0.2, 0.25) is 11.6 Å². The molecule has 3 N–H and O–H groups in total. The minimum Gasteiger partial charge on any atom is -0.304 e. The van der Waals surface area contributed by atoms with Crippen LogP contribution >= 0.6 is 0 Å². The summed E-state index contributed by atoms with van der Waals surface area (Å²) in [6.07, 6.45) is 0. The van der Waals surface area contributed by atoms with Crippen LogP contribution in [0.25, 0.3) is 0 Å². The Bertz CT molecular complexity index is 2400. The van der Waals surface area contributed by atoms with Gasteiger partial charge in [-0.05, 0) is 75.4 Å². The highest BCUT2D eigenvalue weighted by atomic mass is 16.2. The maximum absolute atomic E-state index is 13.6. The molecule has 51 heavy (non-hydrogen) atoms. The highest BCUT2D eigenvalue weighted by molar-refractivity contribution is 6.09. The number of carbonyl (C=O) groups excluding carboxylic acids is 2. The van der Waals surface area contributed by atoms with Crippen molar-refractivity contribution in [1.82, 2.24) is 19.5 Å². The zero-order valence-corrected chi connectivity index (χ0v) is 30.0. The van der Waals surface area contributed by atoms with Crippen LogP contribution in [-0.2, 0) is 6.54 Å². The minimum absolute atomic E-state index is 0.00490. The number of rotatable bonds is 8. The van der Waals surface area contributed by atoms with Gasteiger partial charge in [-0.1, -0.05) is 80.3 Å². The molecule has 0 spiro atoms. The minimum atomic E-state index is -0.676. The molecule has 262 valence electrons. The SMILES string of the molecule is Cc1cc(C)cc(C(=O)c2[nH]c(=O)[nH]c(=O)c2C(C)C)c1.Cc1cc(C)cc(C(=O)c2c(C(C)C)c(=O)[nH]c(=O)n2Cc2ccccc2C#N)c1. The Labute approximate surface area is 294 Å². The van der Waals surface area contributed by atoms with E-state index in [1.54, 1.807) is 76.2 Å². The van der Waals surface area contributed by atoms with E-state index in [1.165, 1.54) is 4.57 Å². The predicted molar refractivity (Wildman–Crippen MR) is 196 cm³/mol. The third-order valence-electron chi connectivity index (χ3n) is 8.25. The molecular formula is C40H41N5O6. The summed E-state index contributed by atoms with van der Waals surface area (Å²) in [6, 6.07) is 19.9. The van der Waals surface area contributed by atoms with Gasteiger partial charge in [-0.2, -0.15) is 5.26 Å². The van der Waals surface area contributed by atoms with Crippen LogP contribution in [0.3, 0.4) is 0 Å². The number of H-pyrrole nitrogens is 3. The Morgan fingerprint density at radius 2 is 1.18 bits per heavy atom. The largest absolute Gasteiger partial charge is 0.329 e. The molecule has 0 fully saturated rings. The van der Waals surface area contributed by atoms with E-state index in [0.717, 1.165) is 22.3 Å². The number of nitrogens with one attached hydrogen (secondary N) is 3. The summed E-state index contributed by atoms with van der Waals surface area (Å²) in [5.41, 5.74) is 3.91. The molecule has 0 saturated carbocycles. The van der Waals surface area contributed by atoms with Crippen molar-refractivity contribution < 1.29 is 9.59 Å². The van der Waals surface area contributed by atoms with Gasteiger partial charge in [0.15, 0.2) is 0 Å². The van der Waals surface area contributed by atoms with Gasteiger partial charge in [-0.15, -0.1) is 0 Å². The average Bonchev–Trinajstić information content (AvgIpc) is 3.03. The van der Waals surface area contributed by atoms with Crippen LogP contribution < -0.4 is 22.5 Å². The third-order valence-corrected chi connectivity index (χ3v) is 8.25. The first-order chi connectivity index (χ1) is 24.0. The van der Waals surface area contributed by atoms with E-state index in [0.29, 0.717) is 27.8 Å². The van der Waals surface area contributed by atoms with Crippen LogP contribution in [0.2, 0.25) is 0 Å². The molecule has 2 heterocycles. The average molecular weight is 688 g/mol. The van der Waals surface area contributed by atoms with Crippen molar-refractivity contribution in [1.29, 1.82) is 5.26 Å². The number of ketones is 2. The van der Waals surface area contributed by atoms with Crippen LogP contribution in [0.15, 0.2) is 79.8 Å². The number of hydrogen-bond acceptors (Lipinski definition) is 7. The fourth-order valence-corrected chi connectivity index (χ4v) is 6.17. The van der Waals surface area contributed by atoms with E-state index < -0.39 is 22.5 Å². The molecule has 0 unspecified atom stereocenters. The second kappa shape index (κ2) is 15.6. The molecule has 11 heteroatoms. The standard InChI is InChI=1S/C24H23N3O3.C16H18N2O3/c1-14(2)20-21(22(28)19-10-15(3)9-16(4)11-19)27(24(30)26-23(20)29)13-18-8-6-5-7-17(18)12-25;1-8(2)12-13(17-16(21)18-15(12)20)14(19)11-6-9(3)5-10(4)7-11/h5-11,14H,13H2,1-4H3,(H,26,29,30);5-8H,1-4H3,(H2,17,18,20,21). The van der Waals surface area contributed by atoms with E-state index in [2.05, 4.69) is 21.0 Å². The Morgan fingerprint density at radius 1 is 0.686 bits per heavy atom. The Morgan fingerprint density at radius 3 is 1.69 bits per heavy atom. The van der Waals surface area contributed by atoms with Crippen molar-refractivity contribution >= 4 is 11.6 Å². The molecule has 0 bridgehead atoms. The molecule has 0 saturated heterocycles. The van der Waals surface area contributed by atoms with E-state index in [-0.39, 0.29) is 46.9 Å². The second-order valence-electron chi connectivity index (χ2n) is 13.3. The van der Waals surface area contributed by atoms with Crippen molar-refractivity contribution in [3.63, 3.8) is 0 Å². The first kappa shape index (κ1) is 37.7. The highest BCUT2D eigenvalue weighted by Crippen LogP contribution is 2.22. The molecule has 0 atom stereocenters. The maximum Gasteiger partial charge on any atom is 0.329 e. The number of benzene rings is 3. The number of hydrogen-bond donors (Lipinski definition) is 3. The Kier molecular flexibility index (Phi) is 11.5. The summed E-state index contributed by atoms with van der Waals surface area (Å²) in [6.45, 7) is 14.8. The van der Waals surface area contributed by atoms with Gasteiger partial charge in [0.05, 0.1) is 23.9 Å². The number of carbonyl (C=O) groups is 2. The lowest BCUT2D eigenvalue weighted by Gasteiger charge is -2.18. The molecule has 3 aromatic carbocycles. The molecular weight excluding hydrogens is 646 g/mol. The third kappa shape index (κ3) is 8.54. The van der Waals surface area contributed by atoms with Gasteiger partial charge in [0, 0.05) is 22.3 Å². The van der Waals surface area contributed by atoms with Crippen LogP contribution in [0.1, 0.15) is 116 Å². The summed E-state index contributed by atoms with van der Waals surface area (Å²) in [5.74, 6) is -1.18. The van der Waals surface area contributed by atoms with E-state index in [4.69, 9.17) is 0 Å². The summed E-state index contributed by atoms with van der Waals surface area (Å²) in [5, 5.41) is 9.41. The lowest BCUT2D eigenvalue weighted by Crippen LogP contribution is -2.38. The number of nitrogens with zero attached hydrogens (tertiary/aromatic N) is 2. The Balaban J connectivity index is 0.000000244. The number of aromatic nitrogens is 4. The molecule has 11 nitrogen and oxygen atoms in total. The lowest BCUT2D eigenvalue weighted by molar-refractivity contribution is 0.102. The molecule has 0 radical (unpaired) electrons. The van der Waals surface area contributed by atoms with Gasteiger partial charge >= 0.3 is 11.4 Å². The smallest absolute Gasteiger partial charge is 0.304 e. The van der Waals surface area contributed by atoms with Crippen LogP contribution in [0, 0.1) is 39.0 Å². The van der Waals surface area contributed by atoms with Crippen LogP contribution in [0.4, 0.5) is 0 Å². The van der Waals surface area contributed by atoms with Crippen molar-refractivity contribution in [3.8, 4) is 6.07 Å². The number of aryl methyl sites for hydroxylation is 4. The van der Waals surface area contributed by atoms with Gasteiger partial charge < -0.3 is 4.98 Å². The molecule has 0 amide bonds. The molecule has 5 aromatic rings. The zero-order valence-electron chi connectivity index (χ0n) is 30.0. The molecule has 0 aliphatic rings. The first-order valence-electron chi connectivity index (χ1n) is 16.5. The summed E-state index contributed by atoms with van der Waals surface area (Å²) in [4.78, 5) is 82.0. The first-order valence-corrected chi connectivity index (χ1v) is 16.5. The van der Waals surface area contributed by atoms with E-state index >= 15 is 0 Å². The molecule has 2 aromatic heterocycles. The number of nitriles is 1. The van der Waals surface area contributed by atoms with Gasteiger partial charge in [-0.3, -0.25) is 33.7 Å². The van der Waals surface area contributed by atoms with Crippen LogP contribution in [-0.4, -0.2) is 31.1 Å². The highest BCUT2D eigenvalue weighted by Gasteiger charge is 2.25. The van der Waals surface area contributed by atoms with Crippen LogP contribution in [0.5, 0.6) is 0 Å². The molecule has 0 aliphatic carbocycles. The lowest BCUT2D eigenvalue weighted by atomic mass is 9.95. The fourth-order valence-electron chi connectivity index (χ4n) is 6.17. The maximum atomic E-state index is 13.6. The molecule has 5 rings (SSSR count). The summed E-state index contributed by atoms with van der Waals surface area (Å²) >= 11 is 0. The fraction of sp³-hybridized carbons (Fsp3) is 0.275. The van der Waals surface area contributed by atoms with Gasteiger partial charge in [0.25, 0.3) is 11.1 Å². The normalized spacial score (nSPS) is 10.8. The second-order valence-corrected chi connectivity index (χ2v) is 13.3. The van der Waals surface area contributed by atoms with Gasteiger partial charge in [-0.25, -0.2) is 9.59 Å². The van der Waals surface area contributed by atoms with Crippen molar-refractivity contribution in [3.05, 3.63) is 169 Å². The summed E-state index contributed by atoms with van der Waals surface area (Å²) in [7, 11) is 0. The molecule has 0 aliphatic heterocycles. The quantitative estimate of drug-likeness (QED) is 0.181. The Hall–Kier alpha value is -6.15. The van der Waals surface area contributed by atoms with Crippen molar-refractivity contribution in [2.75, 3.05) is 0 Å². The monoisotopic (exact) mass is 687 g/mol. The van der Waals surface area contributed by atoms with Gasteiger partial charge in [0.1, 0.15) is 5.69 Å². The predicted octanol–water partition coefficient (Wildman–Crippen LogP) is 5.46. The van der Waals surface area contributed by atoms with E-state index in [9.17, 15) is 34.0 Å². The zero-order chi connectivity index (χ0) is 37.7. The van der Waals surface area contributed by atoms with E-state index in [1.807, 2.05) is 39.8 Å². The summed E-state index contributed by atoms with van der Waals surface area (Å²) < 4.78 is 1.27. The topological polar surface area (TPSA) is 179 Å². The number of aromatic amines is 3. The van der Waals surface area contributed by atoms with Crippen molar-refractivity contribution in [2.24, 2.45) is 0 Å². The van der Waals surface area contributed by atoms with Crippen molar-refractivity contribution in [2.45, 2.75) is 73.8 Å².